The quantitative estimate of drug-likeness (QED) is 0.788. The molecule has 22 heavy (non-hydrogen) atoms. The summed E-state index contributed by atoms with van der Waals surface area (Å²) in [5, 5.41) is 11.1. The van der Waals surface area contributed by atoms with E-state index in [-0.39, 0.29) is 5.75 Å². The Morgan fingerprint density at radius 3 is 2.36 bits per heavy atom. The highest BCUT2D eigenvalue weighted by atomic mass is 35.5. The number of amides is 1. The third kappa shape index (κ3) is 7.56. The van der Waals surface area contributed by atoms with Crippen molar-refractivity contribution in [2.45, 2.75) is 24.4 Å². The minimum Gasteiger partial charge on any atom is -0.480 e. The predicted molar refractivity (Wildman–Crippen MR) is 77.9 cm³/mol. The average Bonchev–Trinajstić information content (AvgIpc) is 2.38. The molecule has 0 aliphatic carbocycles. The average molecular weight is 356 g/mol. The van der Waals surface area contributed by atoms with Crippen LogP contribution in [-0.4, -0.2) is 35.0 Å². The zero-order valence-electron chi connectivity index (χ0n) is 11.2. The number of hydrogen-bond acceptors (Lipinski definition) is 3. The minimum absolute atomic E-state index is 0.135. The van der Waals surface area contributed by atoms with Crippen LogP contribution in [0.2, 0.25) is 5.02 Å². The van der Waals surface area contributed by atoms with Crippen LogP contribution >= 0.6 is 23.4 Å². The Kier molecular flexibility index (Phi) is 7.02. The summed E-state index contributed by atoms with van der Waals surface area (Å²) in [5.74, 6) is -2.14. The molecule has 1 atom stereocenters. The topological polar surface area (TPSA) is 66.4 Å². The van der Waals surface area contributed by atoms with Crippen molar-refractivity contribution in [3.8, 4) is 0 Å². The first-order valence-corrected chi connectivity index (χ1v) is 7.62. The molecular weight excluding hydrogens is 343 g/mol. The van der Waals surface area contributed by atoms with Gasteiger partial charge in [0, 0.05) is 10.8 Å². The smallest absolute Gasteiger partial charge is 0.391 e. The predicted octanol–water partition coefficient (Wildman–Crippen LogP) is 3.10. The normalized spacial score (nSPS) is 12.7. The lowest BCUT2D eigenvalue weighted by Crippen LogP contribution is -2.44. The maximum atomic E-state index is 12.2. The second kappa shape index (κ2) is 8.28. The summed E-state index contributed by atoms with van der Waals surface area (Å²) >= 11 is 6.88. The van der Waals surface area contributed by atoms with Gasteiger partial charge in [-0.3, -0.25) is 4.79 Å². The molecular formula is C13H13ClF3NO3S. The SMILES string of the molecule is O=C(CSCc1ccc(Cl)cc1)NC(CC(F)(F)F)C(=O)O. The molecule has 1 amide bonds. The maximum absolute atomic E-state index is 12.2. The molecule has 0 heterocycles. The molecule has 0 aromatic heterocycles. The fourth-order valence-electron chi connectivity index (χ4n) is 1.51. The number of carboxylic acid groups (broad SMARTS) is 1. The third-order valence-corrected chi connectivity index (χ3v) is 3.74. The molecule has 122 valence electrons. The Balaban J connectivity index is 2.40. The van der Waals surface area contributed by atoms with Crippen molar-refractivity contribution in [3.05, 3.63) is 34.9 Å². The van der Waals surface area contributed by atoms with Gasteiger partial charge >= 0.3 is 12.1 Å². The van der Waals surface area contributed by atoms with E-state index in [9.17, 15) is 22.8 Å². The molecule has 0 radical (unpaired) electrons. The van der Waals surface area contributed by atoms with Crippen LogP contribution in [0.3, 0.4) is 0 Å². The van der Waals surface area contributed by atoms with Crippen molar-refractivity contribution in [2.75, 3.05) is 5.75 Å². The monoisotopic (exact) mass is 355 g/mol. The number of nitrogens with one attached hydrogen (secondary N) is 1. The first-order chi connectivity index (χ1) is 10.2. The summed E-state index contributed by atoms with van der Waals surface area (Å²) in [6.07, 6.45) is -6.26. The Morgan fingerprint density at radius 2 is 1.86 bits per heavy atom. The Bertz CT molecular complexity index is 522. The molecule has 0 aliphatic rings. The molecule has 9 heteroatoms. The van der Waals surface area contributed by atoms with Gasteiger partial charge in [0.25, 0.3) is 0 Å². The standard InChI is InChI=1S/C13H13ClF3NO3S/c14-9-3-1-8(2-4-9)6-22-7-11(19)18-10(12(20)21)5-13(15,16)17/h1-4,10H,5-7H2,(H,18,19)(H,20,21). The molecule has 0 spiro atoms. The Morgan fingerprint density at radius 1 is 1.27 bits per heavy atom. The number of carbonyl (C=O) groups is 2. The van der Waals surface area contributed by atoms with Crippen molar-refractivity contribution < 1.29 is 27.9 Å². The van der Waals surface area contributed by atoms with Crippen LogP contribution in [0.5, 0.6) is 0 Å². The maximum Gasteiger partial charge on any atom is 0.391 e. The molecule has 4 nitrogen and oxygen atoms in total. The zero-order valence-corrected chi connectivity index (χ0v) is 12.8. The van der Waals surface area contributed by atoms with E-state index in [0.717, 1.165) is 17.3 Å². The number of thioether (sulfide) groups is 1. The van der Waals surface area contributed by atoms with Gasteiger partial charge in [-0.1, -0.05) is 23.7 Å². The van der Waals surface area contributed by atoms with Gasteiger partial charge in [0.15, 0.2) is 0 Å². The fourth-order valence-corrected chi connectivity index (χ4v) is 2.43. The van der Waals surface area contributed by atoms with Gasteiger partial charge in [-0.25, -0.2) is 4.79 Å². The van der Waals surface area contributed by atoms with Crippen molar-refractivity contribution in [3.63, 3.8) is 0 Å². The van der Waals surface area contributed by atoms with E-state index in [4.69, 9.17) is 16.7 Å². The van der Waals surface area contributed by atoms with Crippen LogP contribution in [0, 0.1) is 0 Å². The first-order valence-electron chi connectivity index (χ1n) is 6.08. The number of carboxylic acids is 1. The summed E-state index contributed by atoms with van der Waals surface area (Å²) in [7, 11) is 0. The van der Waals surface area contributed by atoms with Crippen molar-refractivity contribution >= 4 is 35.2 Å². The van der Waals surface area contributed by atoms with Gasteiger partial charge in [0.05, 0.1) is 12.2 Å². The van der Waals surface area contributed by atoms with Gasteiger partial charge in [0.2, 0.25) is 5.91 Å². The van der Waals surface area contributed by atoms with Gasteiger partial charge in [-0.05, 0) is 17.7 Å². The van der Waals surface area contributed by atoms with Gasteiger partial charge in [0.1, 0.15) is 6.04 Å². The number of carbonyl (C=O) groups excluding carboxylic acids is 1. The molecule has 0 bridgehead atoms. The van der Waals surface area contributed by atoms with Gasteiger partial charge < -0.3 is 10.4 Å². The summed E-state index contributed by atoms with van der Waals surface area (Å²) in [5.41, 5.74) is 0.896. The summed E-state index contributed by atoms with van der Waals surface area (Å²) < 4.78 is 36.6. The number of benzene rings is 1. The molecule has 1 rings (SSSR count). The number of halogens is 4. The fraction of sp³-hybridized carbons (Fsp3) is 0.385. The van der Waals surface area contributed by atoms with Crippen molar-refractivity contribution in [1.29, 1.82) is 0 Å². The van der Waals surface area contributed by atoms with E-state index in [1.165, 1.54) is 0 Å². The van der Waals surface area contributed by atoms with Crippen LogP contribution in [-0.2, 0) is 15.3 Å². The van der Waals surface area contributed by atoms with E-state index in [0.29, 0.717) is 10.8 Å². The van der Waals surface area contributed by atoms with Crippen LogP contribution < -0.4 is 5.32 Å². The zero-order chi connectivity index (χ0) is 16.8. The van der Waals surface area contributed by atoms with Crippen molar-refractivity contribution in [1.82, 2.24) is 5.32 Å². The van der Waals surface area contributed by atoms with Gasteiger partial charge in [-0.2, -0.15) is 13.2 Å². The van der Waals surface area contributed by atoms with E-state index in [2.05, 4.69) is 0 Å². The highest BCUT2D eigenvalue weighted by Gasteiger charge is 2.36. The highest BCUT2D eigenvalue weighted by molar-refractivity contribution is 7.99. The Hall–Kier alpha value is -1.41. The lowest BCUT2D eigenvalue weighted by Gasteiger charge is -2.16. The lowest BCUT2D eigenvalue weighted by molar-refractivity contribution is -0.159. The van der Waals surface area contributed by atoms with Crippen LogP contribution in [0.25, 0.3) is 0 Å². The van der Waals surface area contributed by atoms with E-state index in [1.807, 2.05) is 5.32 Å². The number of alkyl halides is 3. The minimum atomic E-state index is -4.66. The molecule has 1 aromatic rings. The Labute approximate surface area is 134 Å². The van der Waals surface area contributed by atoms with E-state index < -0.39 is 30.5 Å². The number of hydrogen-bond donors (Lipinski definition) is 2. The van der Waals surface area contributed by atoms with E-state index >= 15 is 0 Å². The van der Waals surface area contributed by atoms with Crippen molar-refractivity contribution in [2.24, 2.45) is 0 Å². The van der Waals surface area contributed by atoms with Gasteiger partial charge in [-0.15, -0.1) is 11.8 Å². The summed E-state index contributed by atoms with van der Waals surface area (Å²) in [6.45, 7) is 0. The lowest BCUT2D eigenvalue weighted by atomic mass is 10.2. The summed E-state index contributed by atoms with van der Waals surface area (Å²) in [6, 6.07) is 4.92. The number of rotatable bonds is 7. The highest BCUT2D eigenvalue weighted by Crippen LogP contribution is 2.22. The largest absolute Gasteiger partial charge is 0.480 e. The molecule has 0 aliphatic heterocycles. The van der Waals surface area contributed by atoms with E-state index in [1.54, 1.807) is 24.3 Å². The second-order valence-electron chi connectivity index (χ2n) is 4.40. The second-order valence-corrected chi connectivity index (χ2v) is 5.82. The summed E-state index contributed by atoms with van der Waals surface area (Å²) in [4.78, 5) is 22.2. The molecule has 0 fully saturated rings. The number of aliphatic carboxylic acids is 1. The molecule has 0 saturated heterocycles. The molecule has 0 saturated carbocycles. The molecule has 1 unspecified atom stereocenters. The first kappa shape index (κ1) is 18.6. The molecule has 2 N–H and O–H groups in total. The van der Waals surface area contributed by atoms with Crippen LogP contribution in [0.15, 0.2) is 24.3 Å². The van der Waals surface area contributed by atoms with Crippen LogP contribution in [0.4, 0.5) is 13.2 Å². The van der Waals surface area contributed by atoms with Crippen LogP contribution in [0.1, 0.15) is 12.0 Å². The molecule has 1 aromatic carbocycles. The third-order valence-electron chi connectivity index (χ3n) is 2.48.